The summed E-state index contributed by atoms with van der Waals surface area (Å²) in [5.41, 5.74) is 5.38. The first-order valence-corrected chi connectivity index (χ1v) is 6.79. The Kier molecular flexibility index (Phi) is 5.31. The Morgan fingerprint density at radius 2 is 1.95 bits per heavy atom. The molecule has 114 valence electrons. The van der Waals surface area contributed by atoms with E-state index in [2.05, 4.69) is 4.74 Å². The van der Waals surface area contributed by atoms with Gasteiger partial charge in [-0.1, -0.05) is 0 Å². The molecule has 0 aromatic heterocycles. The largest absolute Gasteiger partial charge is 0.411 e. The van der Waals surface area contributed by atoms with Crippen molar-refractivity contribution in [3.63, 3.8) is 0 Å². The predicted octanol–water partition coefficient (Wildman–Crippen LogP) is 1.27. The molecule has 1 aromatic carbocycles. The Bertz CT molecular complexity index is 560. The average molecular weight is 316 g/mol. The standard InChI is InChI=1S/C10H12F4N2O3S/c11-8-2-1-7(15)5-9(8)20(17,18)16-3-4-19-6-10(12,13)14/h1-2,5,16H,3-4,6,15H2. The number of ether oxygens (including phenoxy) is 1. The van der Waals surface area contributed by atoms with E-state index in [0.717, 1.165) is 12.1 Å². The summed E-state index contributed by atoms with van der Waals surface area (Å²) in [6, 6.07) is 2.97. The molecule has 0 aliphatic heterocycles. The van der Waals surface area contributed by atoms with Crippen LogP contribution in [-0.2, 0) is 14.8 Å². The number of hydrogen-bond acceptors (Lipinski definition) is 4. The molecule has 10 heteroatoms. The van der Waals surface area contributed by atoms with Crippen LogP contribution in [0.2, 0.25) is 0 Å². The summed E-state index contributed by atoms with van der Waals surface area (Å²) in [6.45, 7) is -2.41. The Morgan fingerprint density at radius 1 is 1.30 bits per heavy atom. The van der Waals surface area contributed by atoms with Gasteiger partial charge in [-0.25, -0.2) is 17.5 Å². The molecule has 0 atom stereocenters. The summed E-state index contributed by atoms with van der Waals surface area (Å²) in [5, 5.41) is 0. The smallest absolute Gasteiger partial charge is 0.399 e. The average Bonchev–Trinajstić information content (AvgIpc) is 2.30. The van der Waals surface area contributed by atoms with Crippen molar-refractivity contribution in [1.29, 1.82) is 0 Å². The van der Waals surface area contributed by atoms with Crippen molar-refractivity contribution < 1.29 is 30.7 Å². The van der Waals surface area contributed by atoms with Gasteiger partial charge >= 0.3 is 6.18 Å². The van der Waals surface area contributed by atoms with E-state index in [0.29, 0.717) is 0 Å². The number of sulfonamides is 1. The van der Waals surface area contributed by atoms with Gasteiger partial charge in [0.15, 0.2) is 0 Å². The van der Waals surface area contributed by atoms with E-state index in [1.807, 2.05) is 4.72 Å². The van der Waals surface area contributed by atoms with Crippen molar-refractivity contribution in [1.82, 2.24) is 4.72 Å². The van der Waals surface area contributed by atoms with Crippen LogP contribution in [0.3, 0.4) is 0 Å². The number of nitrogens with one attached hydrogen (secondary N) is 1. The summed E-state index contributed by atoms with van der Waals surface area (Å²) in [4.78, 5) is -0.673. The van der Waals surface area contributed by atoms with E-state index in [1.54, 1.807) is 0 Å². The van der Waals surface area contributed by atoms with E-state index in [-0.39, 0.29) is 5.69 Å². The van der Waals surface area contributed by atoms with E-state index < -0.39 is 46.7 Å². The number of benzene rings is 1. The molecule has 0 radical (unpaired) electrons. The van der Waals surface area contributed by atoms with Gasteiger partial charge in [0, 0.05) is 12.2 Å². The van der Waals surface area contributed by atoms with Gasteiger partial charge in [-0.05, 0) is 18.2 Å². The molecule has 0 saturated carbocycles. The Morgan fingerprint density at radius 3 is 2.55 bits per heavy atom. The second kappa shape index (κ2) is 6.37. The highest BCUT2D eigenvalue weighted by Crippen LogP contribution is 2.17. The van der Waals surface area contributed by atoms with Crippen molar-refractivity contribution >= 4 is 15.7 Å². The summed E-state index contributed by atoms with van der Waals surface area (Å²) in [6.07, 6.45) is -4.49. The lowest BCUT2D eigenvalue weighted by molar-refractivity contribution is -0.173. The maximum absolute atomic E-state index is 13.3. The van der Waals surface area contributed by atoms with E-state index in [4.69, 9.17) is 5.73 Å². The lowest BCUT2D eigenvalue weighted by Crippen LogP contribution is -2.29. The number of halogens is 4. The first-order chi connectivity index (χ1) is 9.12. The van der Waals surface area contributed by atoms with Gasteiger partial charge in [0.25, 0.3) is 0 Å². The minimum absolute atomic E-state index is 0.0418. The van der Waals surface area contributed by atoms with Crippen molar-refractivity contribution in [3.8, 4) is 0 Å². The first-order valence-electron chi connectivity index (χ1n) is 5.31. The molecule has 20 heavy (non-hydrogen) atoms. The first kappa shape index (κ1) is 16.7. The molecule has 0 unspecified atom stereocenters. The van der Waals surface area contributed by atoms with Crippen LogP contribution in [0.15, 0.2) is 23.1 Å². The fourth-order valence-corrected chi connectivity index (χ4v) is 2.36. The molecular weight excluding hydrogens is 304 g/mol. The molecule has 0 saturated heterocycles. The minimum atomic E-state index is -4.49. The molecule has 1 aromatic rings. The number of nitrogens with two attached hydrogens (primary N) is 1. The van der Waals surface area contributed by atoms with Gasteiger partial charge in [-0.15, -0.1) is 0 Å². The highest BCUT2D eigenvalue weighted by molar-refractivity contribution is 7.89. The topological polar surface area (TPSA) is 81.4 Å². The van der Waals surface area contributed by atoms with Crippen molar-refractivity contribution in [2.75, 3.05) is 25.5 Å². The fraction of sp³-hybridized carbons (Fsp3) is 0.400. The van der Waals surface area contributed by atoms with Gasteiger partial charge < -0.3 is 10.5 Å². The zero-order valence-corrected chi connectivity index (χ0v) is 10.9. The molecule has 5 nitrogen and oxygen atoms in total. The Labute approximate surface area is 112 Å². The summed E-state index contributed by atoms with van der Waals surface area (Å²) < 4.78 is 78.1. The van der Waals surface area contributed by atoms with Gasteiger partial charge in [0.1, 0.15) is 17.3 Å². The van der Waals surface area contributed by atoms with E-state index in [9.17, 15) is 26.0 Å². The van der Waals surface area contributed by atoms with Gasteiger partial charge in [-0.2, -0.15) is 13.2 Å². The quantitative estimate of drug-likeness (QED) is 0.470. The number of alkyl halides is 3. The number of anilines is 1. The monoisotopic (exact) mass is 316 g/mol. The van der Waals surface area contributed by atoms with Gasteiger partial charge in [0.05, 0.1) is 6.61 Å². The van der Waals surface area contributed by atoms with Crippen LogP contribution in [0.5, 0.6) is 0 Å². The number of nitrogen functional groups attached to an aromatic ring is 1. The lowest BCUT2D eigenvalue weighted by atomic mass is 10.3. The second-order valence-corrected chi connectivity index (χ2v) is 5.49. The van der Waals surface area contributed by atoms with Crippen molar-refractivity contribution in [2.45, 2.75) is 11.1 Å². The molecule has 0 bridgehead atoms. The van der Waals surface area contributed by atoms with Crippen molar-refractivity contribution in [2.24, 2.45) is 0 Å². The van der Waals surface area contributed by atoms with Crippen LogP contribution in [0.4, 0.5) is 23.2 Å². The van der Waals surface area contributed by atoms with Crippen LogP contribution in [-0.4, -0.2) is 34.4 Å². The van der Waals surface area contributed by atoms with E-state index in [1.165, 1.54) is 6.07 Å². The Hall–Kier alpha value is -1.39. The van der Waals surface area contributed by atoms with Gasteiger partial charge in [0.2, 0.25) is 10.0 Å². The highest BCUT2D eigenvalue weighted by atomic mass is 32.2. The Balaban J connectivity index is 2.56. The van der Waals surface area contributed by atoms with Crippen LogP contribution in [0, 0.1) is 5.82 Å². The van der Waals surface area contributed by atoms with Crippen LogP contribution >= 0.6 is 0 Å². The molecule has 0 aliphatic rings. The van der Waals surface area contributed by atoms with Crippen LogP contribution in [0.1, 0.15) is 0 Å². The van der Waals surface area contributed by atoms with Gasteiger partial charge in [-0.3, -0.25) is 0 Å². The lowest BCUT2D eigenvalue weighted by Gasteiger charge is -2.10. The highest BCUT2D eigenvalue weighted by Gasteiger charge is 2.27. The summed E-state index contributed by atoms with van der Waals surface area (Å²) >= 11 is 0. The number of hydrogen-bond donors (Lipinski definition) is 2. The third-order valence-corrected chi connectivity index (χ3v) is 3.53. The fourth-order valence-electron chi connectivity index (χ4n) is 1.24. The molecule has 0 amide bonds. The predicted molar refractivity (Wildman–Crippen MR) is 62.9 cm³/mol. The van der Waals surface area contributed by atoms with Crippen molar-refractivity contribution in [3.05, 3.63) is 24.0 Å². The van der Waals surface area contributed by atoms with E-state index >= 15 is 0 Å². The maximum atomic E-state index is 13.3. The zero-order valence-electron chi connectivity index (χ0n) is 10.1. The zero-order chi connectivity index (χ0) is 15.4. The molecule has 0 aliphatic carbocycles. The molecule has 1 rings (SSSR count). The second-order valence-electron chi connectivity index (χ2n) is 3.76. The maximum Gasteiger partial charge on any atom is 0.411 e. The summed E-state index contributed by atoms with van der Waals surface area (Å²) in [7, 11) is -4.20. The molecule has 0 spiro atoms. The SMILES string of the molecule is Nc1ccc(F)c(S(=O)(=O)NCCOCC(F)(F)F)c1. The molecule has 0 fully saturated rings. The third kappa shape index (κ3) is 5.31. The minimum Gasteiger partial charge on any atom is -0.399 e. The molecular formula is C10H12F4N2O3S. The normalized spacial score (nSPS) is 12.6. The summed E-state index contributed by atoms with van der Waals surface area (Å²) in [5.74, 6) is -1.01. The molecule has 0 heterocycles. The molecule has 3 N–H and O–H groups in total. The number of rotatable bonds is 6. The van der Waals surface area contributed by atoms with Crippen LogP contribution < -0.4 is 10.5 Å². The van der Waals surface area contributed by atoms with Crippen LogP contribution in [0.25, 0.3) is 0 Å². The third-order valence-electron chi connectivity index (χ3n) is 2.05.